The molecule has 3 heterocycles. The number of hydrogen-bond donors (Lipinski definition) is 1. The van der Waals surface area contributed by atoms with Crippen molar-refractivity contribution in [3.63, 3.8) is 0 Å². The zero-order valence-corrected chi connectivity index (χ0v) is 14.4. The van der Waals surface area contributed by atoms with E-state index in [4.69, 9.17) is 9.47 Å². The van der Waals surface area contributed by atoms with Crippen LogP contribution in [0.3, 0.4) is 0 Å². The molecule has 8 nitrogen and oxygen atoms in total. The highest BCUT2D eigenvalue weighted by molar-refractivity contribution is 14.1. The summed E-state index contributed by atoms with van der Waals surface area (Å²) >= 11 is 1.89. The highest BCUT2D eigenvalue weighted by atomic mass is 127. The van der Waals surface area contributed by atoms with E-state index in [1.807, 2.05) is 27.6 Å². The van der Waals surface area contributed by atoms with Crippen LogP contribution in [-0.4, -0.2) is 61.2 Å². The number of amides is 1. The Labute approximate surface area is 140 Å². The Morgan fingerprint density at radius 2 is 2.09 bits per heavy atom. The first-order valence-corrected chi connectivity index (χ1v) is 7.83. The Balaban J connectivity index is 2.20. The number of aromatic nitrogens is 1. The summed E-state index contributed by atoms with van der Waals surface area (Å²) < 4.78 is 12.2. The molecule has 0 aliphatic carbocycles. The van der Waals surface area contributed by atoms with E-state index < -0.39 is 6.10 Å². The Hall–Kier alpha value is -1.33. The molecular weight excluding hydrogens is 405 g/mol. The van der Waals surface area contributed by atoms with Crippen molar-refractivity contribution in [1.29, 1.82) is 0 Å². The number of aliphatic hydroxyl groups is 1. The van der Waals surface area contributed by atoms with Crippen LogP contribution in [0.25, 0.3) is 0 Å². The molecule has 1 aromatic heterocycles. The molecule has 0 spiro atoms. The Bertz CT molecular complexity index is 689. The van der Waals surface area contributed by atoms with E-state index in [9.17, 15) is 14.7 Å². The van der Waals surface area contributed by atoms with Gasteiger partial charge in [-0.2, -0.15) is 0 Å². The van der Waals surface area contributed by atoms with Gasteiger partial charge >= 0.3 is 0 Å². The van der Waals surface area contributed by atoms with Gasteiger partial charge in [-0.1, -0.05) is 0 Å². The minimum Gasteiger partial charge on any atom is -0.491 e. The highest BCUT2D eigenvalue weighted by Crippen LogP contribution is 2.33. The number of aliphatic hydroxyl groups excluding tert-OH is 1. The van der Waals surface area contributed by atoms with Crippen molar-refractivity contribution in [2.45, 2.75) is 6.10 Å². The summed E-state index contributed by atoms with van der Waals surface area (Å²) in [6.45, 7) is 1.46. The van der Waals surface area contributed by atoms with Gasteiger partial charge in [0.1, 0.15) is 12.8 Å². The van der Waals surface area contributed by atoms with E-state index in [0.29, 0.717) is 35.6 Å². The van der Waals surface area contributed by atoms with Gasteiger partial charge in [-0.05, 0) is 22.6 Å². The quantitative estimate of drug-likeness (QED) is 0.661. The maximum Gasteiger partial charge on any atom is 0.277 e. The van der Waals surface area contributed by atoms with Crippen molar-refractivity contribution >= 4 is 28.5 Å². The molecule has 22 heavy (non-hydrogen) atoms. The molecule has 120 valence electrons. The van der Waals surface area contributed by atoms with Crippen molar-refractivity contribution in [3.8, 4) is 5.75 Å². The first-order chi connectivity index (χ1) is 10.5. The zero-order valence-electron chi connectivity index (χ0n) is 12.2. The van der Waals surface area contributed by atoms with Gasteiger partial charge in [-0.25, -0.2) is 4.68 Å². The number of pyridine rings is 1. The van der Waals surface area contributed by atoms with Crippen LogP contribution in [0.5, 0.6) is 5.75 Å². The summed E-state index contributed by atoms with van der Waals surface area (Å²) in [7, 11) is 2.93. The first kappa shape index (κ1) is 15.6. The van der Waals surface area contributed by atoms with Gasteiger partial charge in [0, 0.05) is 13.7 Å². The molecule has 2 aliphatic rings. The highest BCUT2D eigenvalue weighted by Gasteiger charge is 2.42. The van der Waals surface area contributed by atoms with Crippen LogP contribution in [0.1, 0.15) is 22.3 Å². The minimum absolute atomic E-state index is 0.0133. The van der Waals surface area contributed by atoms with E-state index in [-0.39, 0.29) is 22.8 Å². The molecule has 0 radical (unpaired) electrons. The summed E-state index contributed by atoms with van der Waals surface area (Å²) in [5.41, 5.74) is 0.259. The standard InChI is InChI=1S/C13H16IN3O5/c1-21-4-3-15-6-16-5-7(18)9-8(14)11(19)12(22-2)10(13(15)20)17(9)16/h7,18H,3-6H2,1-2H3. The lowest BCUT2D eigenvalue weighted by Gasteiger charge is -2.37. The lowest BCUT2D eigenvalue weighted by molar-refractivity contribution is 0.0627. The Morgan fingerprint density at radius 1 is 1.36 bits per heavy atom. The smallest absolute Gasteiger partial charge is 0.277 e. The zero-order chi connectivity index (χ0) is 16.0. The van der Waals surface area contributed by atoms with E-state index in [2.05, 4.69) is 0 Å². The number of ether oxygens (including phenoxy) is 2. The average molecular weight is 421 g/mol. The fourth-order valence-corrected chi connectivity index (χ4v) is 3.70. The molecule has 3 rings (SSSR count). The second kappa shape index (κ2) is 5.70. The molecule has 0 bridgehead atoms. The number of nitrogens with zero attached hydrogens (tertiary/aromatic N) is 3. The maximum absolute atomic E-state index is 12.7. The minimum atomic E-state index is -0.806. The topological polar surface area (TPSA) is 84.2 Å². The van der Waals surface area contributed by atoms with Gasteiger partial charge in [0.2, 0.25) is 5.43 Å². The number of halogens is 1. The van der Waals surface area contributed by atoms with Gasteiger partial charge in [-0.3, -0.25) is 14.6 Å². The molecule has 0 aromatic carbocycles. The van der Waals surface area contributed by atoms with Crippen molar-refractivity contribution < 1.29 is 19.4 Å². The van der Waals surface area contributed by atoms with Gasteiger partial charge in [0.25, 0.3) is 5.91 Å². The normalized spacial score (nSPS) is 19.6. The molecule has 1 atom stereocenters. The van der Waals surface area contributed by atoms with Crippen molar-refractivity contribution in [2.24, 2.45) is 0 Å². The van der Waals surface area contributed by atoms with Crippen LogP contribution in [-0.2, 0) is 4.74 Å². The summed E-state index contributed by atoms with van der Waals surface area (Å²) in [6, 6.07) is 0. The lowest BCUT2D eigenvalue weighted by Crippen LogP contribution is -2.53. The van der Waals surface area contributed by atoms with E-state index >= 15 is 0 Å². The lowest BCUT2D eigenvalue weighted by atomic mass is 10.2. The van der Waals surface area contributed by atoms with Gasteiger partial charge in [0.15, 0.2) is 11.4 Å². The van der Waals surface area contributed by atoms with Gasteiger partial charge < -0.3 is 19.5 Å². The molecule has 2 aliphatic heterocycles. The molecule has 0 saturated heterocycles. The largest absolute Gasteiger partial charge is 0.491 e. The fraction of sp³-hybridized carbons (Fsp3) is 0.538. The maximum atomic E-state index is 12.7. The Morgan fingerprint density at radius 3 is 2.73 bits per heavy atom. The van der Waals surface area contributed by atoms with Crippen LogP contribution in [0.15, 0.2) is 4.79 Å². The second-order valence-corrected chi connectivity index (χ2v) is 6.21. The molecule has 0 fully saturated rings. The van der Waals surface area contributed by atoms with Crippen molar-refractivity contribution in [2.75, 3.05) is 45.6 Å². The first-order valence-electron chi connectivity index (χ1n) is 6.75. The van der Waals surface area contributed by atoms with Crippen molar-refractivity contribution in [3.05, 3.63) is 25.2 Å². The van der Waals surface area contributed by atoms with Gasteiger partial charge in [0.05, 0.1) is 29.5 Å². The van der Waals surface area contributed by atoms with Crippen LogP contribution in [0, 0.1) is 3.57 Å². The van der Waals surface area contributed by atoms with Crippen LogP contribution in [0.4, 0.5) is 0 Å². The number of hydrogen-bond acceptors (Lipinski definition) is 6. The fourth-order valence-electron chi connectivity index (χ4n) is 2.86. The third-order valence-electron chi connectivity index (χ3n) is 3.86. The van der Waals surface area contributed by atoms with E-state index in [1.54, 1.807) is 16.7 Å². The summed E-state index contributed by atoms with van der Waals surface area (Å²) in [4.78, 5) is 26.7. The second-order valence-electron chi connectivity index (χ2n) is 5.13. The monoisotopic (exact) mass is 421 g/mol. The molecular formula is C13H16IN3O5. The third-order valence-corrected chi connectivity index (χ3v) is 4.90. The third kappa shape index (κ3) is 2.10. The van der Waals surface area contributed by atoms with Crippen LogP contribution < -0.4 is 15.2 Å². The number of carbonyl (C=O) groups excluding carboxylic acids is 1. The molecule has 1 N–H and O–H groups in total. The number of methoxy groups -OCH3 is 2. The number of carbonyl (C=O) groups is 1. The SMILES string of the molecule is COCCN1CN2CC(O)c3c(I)c(=O)c(OC)c(n32)C1=O. The molecule has 1 aromatic rings. The predicted octanol–water partition coefficient (Wildman–Crippen LogP) is -0.494. The van der Waals surface area contributed by atoms with Crippen LogP contribution in [0.2, 0.25) is 0 Å². The molecule has 0 saturated carbocycles. The summed E-state index contributed by atoms with van der Waals surface area (Å²) in [6.07, 6.45) is -0.806. The summed E-state index contributed by atoms with van der Waals surface area (Å²) in [5.74, 6) is -0.284. The van der Waals surface area contributed by atoms with E-state index in [0.717, 1.165) is 0 Å². The van der Waals surface area contributed by atoms with Crippen molar-refractivity contribution in [1.82, 2.24) is 9.58 Å². The Kier molecular flexibility index (Phi) is 4.03. The van der Waals surface area contributed by atoms with Gasteiger partial charge in [-0.15, -0.1) is 0 Å². The summed E-state index contributed by atoms with van der Waals surface area (Å²) in [5, 5.41) is 12.1. The van der Waals surface area contributed by atoms with E-state index in [1.165, 1.54) is 7.11 Å². The molecule has 1 amide bonds. The molecule has 9 heteroatoms. The predicted molar refractivity (Wildman–Crippen MR) is 85.8 cm³/mol. The average Bonchev–Trinajstić information content (AvgIpc) is 2.82. The van der Waals surface area contributed by atoms with Crippen LogP contribution >= 0.6 is 22.6 Å². The molecule has 1 unspecified atom stereocenters. The number of rotatable bonds is 4.